The quantitative estimate of drug-likeness (QED) is 0.813. The topological polar surface area (TPSA) is 74.7 Å². The molecule has 0 bridgehead atoms. The maximum Gasteiger partial charge on any atom is 0.265 e. The zero-order valence-corrected chi connectivity index (χ0v) is 13.3. The Bertz CT molecular complexity index is 681. The number of aliphatic hydroxyl groups is 1. The number of carbonyl (C=O) groups excluding carboxylic acids is 1. The van der Waals surface area contributed by atoms with E-state index in [1.54, 1.807) is 23.3 Å². The van der Waals surface area contributed by atoms with Gasteiger partial charge in [-0.2, -0.15) is 0 Å². The van der Waals surface area contributed by atoms with Gasteiger partial charge >= 0.3 is 0 Å². The molecule has 0 aliphatic carbocycles. The summed E-state index contributed by atoms with van der Waals surface area (Å²) in [6, 6.07) is 1.45. The number of hydrogen-bond acceptors (Lipinski definition) is 5. The summed E-state index contributed by atoms with van der Waals surface area (Å²) < 4.78 is 23.2. The Morgan fingerprint density at radius 3 is 3.00 bits per heavy atom. The van der Waals surface area contributed by atoms with Crippen molar-refractivity contribution in [1.82, 2.24) is 4.90 Å². The number of sulfone groups is 1. The normalized spacial score (nSPS) is 20.7. The van der Waals surface area contributed by atoms with Crippen LogP contribution in [0.3, 0.4) is 0 Å². The van der Waals surface area contributed by atoms with Crippen LogP contribution in [0.2, 0.25) is 0 Å². The molecule has 1 amide bonds. The zero-order valence-electron chi connectivity index (χ0n) is 11.7. The molecular formula is C14H17NO4S2. The summed E-state index contributed by atoms with van der Waals surface area (Å²) in [6.07, 6.45) is 0.363. The van der Waals surface area contributed by atoms with Gasteiger partial charge in [0.05, 0.1) is 18.1 Å². The molecule has 1 aromatic rings. The minimum Gasteiger partial charge on any atom is -0.395 e. The Labute approximate surface area is 128 Å². The van der Waals surface area contributed by atoms with Crippen LogP contribution in [0, 0.1) is 11.8 Å². The van der Waals surface area contributed by atoms with Gasteiger partial charge in [-0.3, -0.25) is 4.79 Å². The van der Waals surface area contributed by atoms with Crippen LogP contribution in [0.5, 0.6) is 0 Å². The van der Waals surface area contributed by atoms with Gasteiger partial charge in [-0.15, -0.1) is 11.3 Å². The molecule has 0 spiro atoms. The van der Waals surface area contributed by atoms with Gasteiger partial charge in [0.25, 0.3) is 5.91 Å². The molecule has 0 aromatic carbocycles. The van der Waals surface area contributed by atoms with Gasteiger partial charge in [-0.1, -0.05) is 11.8 Å². The van der Waals surface area contributed by atoms with Crippen LogP contribution >= 0.6 is 11.3 Å². The van der Waals surface area contributed by atoms with Crippen molar-refractivity contribution < 1.29 is 18.3 Å². The van der Waals surface area contributed by atoms with E-state index in [0.717, 1.165) is 0 Å². The number of amides is 1. The molecule has 1 aromatic heterocycles. The largest absolute Gasteiger partial charge is 0.395 e. The third kappa shape index (κ3) is 3.84. The molecule has 5 nitrogen and oxygen atoms in total. The lowest BCUT2D eigenvalue weighted by Crippen LogP contribution is -2.49. The molecular weight excluding hydrogens is 310 g/mol. The Morgan fingerprint density at radius 1 is 1.57 bits per heavy atom. The van der Waals surface area contributed by atoms with Crippen LogP contribution in [0.4, 0.5) is 0 Å². The Morgan fingerprint density at radius 2 is 2.33 bits per heavy atom. The van der Waals surface area contributed by atoms with Gasteiger partial charge in [0.2, 0.25) is 0 Å². The van der Waals surface area contributed by atoms with Crippen molar-refractivity contribution in [2.75, 3.05) is 24.7 Å². The van der Waals surface area contributed by atoms with Gasteiger partial charge < -0.3 is 10.0 Å². The third-order valence-electron chi connectivity index (χ3n) is 3.25. The number of rotatable bonds is 2. The maximum absolute atomic E-state index is 12.6. The molecule has 1 saturated heterocycles. The predicted octanol–water partition coefficient (Wildman–Crippen LogP) is 0.741. The number of hydrogen-bond donors (Lipinski definition) is 1. The molecule has 2 rings (SSSR count). The van der Waals surface area contributed by atoms with E-state index in [2.05, 4.69) is 11.8 Å². The Kier molecular flexibility index (Phi) is 5.04. The standard InChI is InChI=1S/C14H17NO4S2/c1-11-10-21(18,19)9-6-15(11)14(17)13-12(5-8-20-13)4-2-3-7-16/h5,8,11,16H,3,6-7,9-10H2,1H3. The van der Waals surface area contributed by atoms with E-state index in [4.69, 9.17) is 5.11 Å². The summed E-state index contributed by atoms with van der Waals surface area (Å²) in [6.45, 7) is 1.96. The van der Waals surface area contributed by atoms with Crippen molar-refractivity contribution >= 4 is 27.1 Å². The molecule has 1 aliphatic rings. The van der Waals surface area contributed by atoms with E-state index in [1.165, 1.54) is 11.3 Å². The maximum atomic E-state index is 12.6. The van der Waals surface area contributed by atoms with Crippen LogP contribution in [0.15, 0.2) is 11.4 Å². The second-order valence-corrected chi connectivity index (χ2v) is 8.05. The molecule has 21 heavy (non-hydrogen) atoms. The lowest BCUT2D eigenvalue weighted by molar-refractivity contribution is 0.0717. The first kappa shape index (κ1) is 16.0. The fourth-order valence-corrected chi connectivity index (χ4v) is 4.58. The fraction of sp³-hybridized carbons (Fsp3) is 0.500. The van der Waals surface area contributed by atoms with E-state index < -0.39 is 9.84 Å². The van der Waals surface area contributed by atoms with Crippen molar-refractivity contribution in [3.8, 4) is 11.8 Å². The molecule has 0 saturated carbocycles. The Hall–Kier alpha value is -1.36. The third-order valence-corrected chi connectivity index (χ3v) is 5.95. The van der Waals surface area contributed by atoms with E-state index in [0.29, 0.717) is 16.9 Å². The summed E-state index contributed by atoms with van der Waals surface area (Å²) in [5.41, 5.74) is 0.638. The molecule has 7 heteroatoms. The van der Waals surface area contributed by atoms with Crippen LogP contribution in [0.25, 0.3) is 0 Å². The lowest BCUT2D eigenvalue weighted by atomic mass is 10.2. The van der Waals surface area contributed by atoms with Crippen LogP contribution in [0.1, 0.15) is 28.6 Å². The summed E-state index contributed by atoms with van der Waals surface area (Å²) in [5, 5.41) is 10.5. The second-order valence-electron chi connectivity index (χ2n) is 4.90. The van der Waals surface area contributed by atoms with Gasteiger partial charge in [0.1, 0.15) is 4.88 Å². The SMILES string of the molecule is CC1CS(=O)(=O)CCN1C(=O)c1sccc1C#CCCO. The highest BCUT2D eigenvalue weighted by Crippen LogP contribution is 2.21. The van der Waals surface area contributed by atoms with Crippen LogP contribution in [-0.2, 0) is 9.84 Å². The number of thiophene rings is 1. The number of carbonyl (C=O) groups is 1. The monoisotopic (exact) mass is 327 g/mol. The van der Waals surface area contributed by atoms with Crippen molar-refractivity contribution in [2.45, 2.75) is 19.4 Å². The van der Waals surface area contributed by atoms with Crippen molar-refractivity contribution in [1.29, 1.82) is 0 Å². The minimum atomic E-state index is -3.04. The first-order valence-electron chi connectivity index (χ1n) is 6.63. The molecule has 0 radical (unpaired) electrons. The van der Waals surface area contributed by atoms with E-state index in [-0.39, 0.29) is 36.6 Å². The second kappa shape index (κ2) is 6.60. The van der Waals surface area contributed by atoms with E-state index in [1.807, 2.05) is 0 Å². The van der Waals surface area contributed by atoms with Crippen molar-refractivity contribution in [3.63, 3.8) is 0 Å². The molecule has 2 heterocycles. The van der Waals surface area contributed by atoms with E-state index >= 15 is 0 Å². The van der Waals surface area contributed by atoms with Gasteiger partial charge in [-0.05, 0) is 18.4 Å². The van der Waals surface area contributed by atoms with Crippen LogP contribution in [-0.4, -0.2) is 55.0 Å². The average molecular weight is 327 g/mol. The Balaban J connectivity index is 2.18. The van der Waals surface area contributed by atoms with Crippen LogP contribution < -0.4 is 0 Å². The zero-order chi connectivity index (χ0) is 15.5. The van der Waals surface area contributed by atoms with Crippen molar-refractivity contribution in [3.05, 3.63) is 21.9 Å². The summed E-state index contributed by atoms with van der Waals surface area (Å²) in [4.78, 5) is 14.7. The smallest absolute Gasteiger partial charge is 0.265 e. The molecule has 1 fully saturated rings. The molecule has 114 valence electrons. The van der Waals surface area contributed by atoms with Gasteiger partial charge in [-0.25, -0.2) is 8.42 Å². The minimum absolute atomic E-state index is 0.00956. The van der Waals surface area contributed by atoms with Gasteiger partial charge in [0, 0.05) is 24.6 Å². The highest BCUT2D eigenvalue weighted by Gasteiger charge is 2.32. The summed E-state index contributed by atoms with van der Waals surface area (Å²) in [7, 11) is -3.04. The first-order valence-corrected chi connectivity index (χ1v) is 9.33. The molecule has 1 atom stereocenters. The predicted molar refractivity (Wildman–Crippen MR) is 82.1 cm³/mol. The highest BCUT2D eigenvalue weighted by atomic mass is 32.2. The number of nitrogens with zero attached hydrogens (tertiary/aromatic N) is 1. The molecule has 1 N–H and O–H groups in total. The average Bonchev–Trinajstić information content (AvgIpc) is 2.86. The number of aliphatic hydroxyl groups excluding tert-OH is 1. The van der Waals surface area contributed by atoms with Crippen molar-refractivity contribution in [2.24, 2.45) is 0 Å². The summed E-state index contributed by atoms with van der Waals surface area (Å²) >= 11 is 1.31. The molecule has 1 aliphatic heterocycles. The fourth-order valence-electron chi connectivity index (χ4n) is 2.22. The van der Waals surface area contributed by atoms with E-state index in [9.17, 15) is 13.2 Å². The first-order chi connectivity index (χ1) is 9.94. The molecule has 1 unspecified atom stereocenters. The summed E-state index contributed by atoms with van der Waals surface area (Å²) in [5.74, 6) is 5.54. The van der Waals surface area contributed by atoms with Gasteiger partial charge in [0.15, 0.2) is 9.84 Å². The lowest BCUT2D eigenvalue weighted by Gasteiger charge is -2.32. The highest BCUT2D eigenvalue weighted by molar-refractivity contribution is 7.91.